The van der Waals surface area contributed by atoms with E-state index in [4.69, 9.17) is 23.2 Å². The summed E-state index contributed by atoms with van der Waals surface area (Å²) in [6, 6.07) is 7.51. The van der Waals surface area contributed by atoms with Crippen LogP contribution < -0.4 is 5.32 Å². The highest BCUT2D eigenvalue weighted by atomic mass is 35.5. The van der Waals surface area contributed by atoms with Crippen LogP contribution in [-0.4, -0.2) is 40.7 Å². The highest BCUT2D eigenvalue weighted by molar-refractivity contribution is 6.42. The summed E-state index contributed by atoms with van der Waals surface area (Å²) in [6.45, 7) is 2.33. The van der Waals surface area contributed by atoms with Gasteiger partial charge in [0.05, 0.1) is 16.1 Å². The van der Waals surface area contributed by atoms with E-state index in [2.05, 4.69) is 10.4 Å². The maximum atomic E-state index is 12.6. The lowest BCUT2D eigenvalue weighted by molar-refractivity contribution is 0.0778. The number of nitrogens with one attached hydrogen (secondary N) is 1. The SMILES string of the molecule is CN(Cc1cccc(Cl)c1Cl)C(=O)c1ccn(C2CCCNC2)n1. The van der Waals surface area contributed by atoms with Crippen LogP contribution in [0.2, 0.25) is 10.0 Å². The second-order valence-electron chi connectivity index (χ2n) is 6.06. The van der Waals surface area contributed by atoms with Gasteiger partial charge in [-0.2, -0.15) is 5.10 Å². The van der Waals surface area contributed by atoms with E-state index in [1.807, 2.05) is 23.0 Å². The first-order chi connectivity index (χ1) is 11.6. The molecule has 1 N–H and O–H groups in total. The number of amides is 1. The Morgan fingerprint density at radius 1 is 1.42 bits per heavy atom. The number of rotatable bonds is 4. The molecule has 0 saturated carbocycles. The molecule has 128 valence electrons. The smallest absolute Gasteiger partial charge is 0.274 e. The maximum absolute atomic E-state index is 12.6. The fraction of sp³-hybridized carbons (Fsp3) is 0.412. The van der Waals surface area contributed by atoms with Crippen molar-refractivity contribution in [1.29, 1.82) is 0 Å². The standard InChI is InChI=1S/C17H20Cl2N4O/c1-22(11-12-4-2-6-14(18)16(12)19)17(24)15-7-9-23(21-15)13-5-3-8-20-10-13/h2,4,6-7,9,13,20H,3,5,8,10-11H2,1H3. The number of piperidine rings is 1. The summed E-state index contributed by atoms with van der Waals surface area (Å²) in [7, 11) is 1.74. The monoisotopic (exact) mass is 366 g/mol. The third-order valence-electron chi connectivity index (χ3n) is 4.26. The normalized spacial score (nSPS) is 17.7. The van der Waals surface area contributed by atoms with E-state index in [9.17, 15) is 4.79 Å². The van der Waals surface area contributed by atoms with Crippen molar-refractivity contribution in [2.45, 2.75) is 25.4 Å². The van der Waals surface area contributed by atoms with Crippen LogP contribution in [0.3, 0.4) is 0 Å². The van der Waals surface area contributed by atoms with Crippen LogP contribution in [0.15, 0.2) is 30.5 Å². The Bertz CT molecular complexity index is 725. The molecule has 0 radical (unpaired) electrons. The Labute approximate surface area is 151 Å². The van der Waals surface area contributed by atoms with Crippen molar-refractivity contribution in [3.8, 4) is 0 Å². The largest absolute Gasteiger partial charge is 0.336 e. The topological polar surface area (TPSA) is 50.2 Å². The second-order valence-corrected chi connectivity index (χ2v) is 6.84. The summed E-state index contributed by atoms with van der Waals surface area (Å²) in [5, 5.41) is 8.79. The first kappa shape index (κ1) is 17.3. The van der Waals surface area contributed by atoms with Gasteiger partial charge in [0.2, 0.25) is 0 Å². The molecule has 0 aliphatic carbocycles. The van der Waals surface area contributed by atoms with Crippen LogP contribution in [0.1, 0.15) is 34.9 Å². The molecule has 1 aromatic carbocycles. The highest BCUT2D eigenvalue weighted by Crippen LogP contribution is 2.26. The zero-order valence-electron chi connectivity index (χ0n) is 13.5. The van der Waals surface area contributed by atoms with Crippen LogP contribution >= 0.6 is 23.2 Å². The molecule has 5 nitrogen and oxygen atoms in total. The number of carbonyl (C=O) groups is 1. The van der Waals surface area contributed by atoms with E-state index in [1.165, 1.54) is 0 Å². The number of halogens is 2. The lowest BCUT2D eigenvalue weighted by Gasteiger charge is -2.23. The number of benzene rings is 1. The summed E-state index contributed by atoms with van der Waals surface area (Å²) in [5.41, 5.74) is 1.26. The zero-order chi connectivity index (χ0) is 17.1. The molecule has 1 aliphatic rings. The number of hydrogen-bond acceptors (Lipinski definition) is 3. The molecular formula is C17H20Cl2N4O. The first-order valence-electron chi connectivity index (χ1n) is 8.00. The van der Waals surface area contributed by atoms with E-state index in [-0.39, 0.29) is 5.91 Å². The summed E-state index contributed by atoms with van der Waals surface area (Å²) >= 11 is 12.2. The molecule has 3 rings (SSSR count). The molecule has 2 heterocycles. The van der Waals surface area contributed by atoms with Crippen molar-refractivity contribution in [2.24, 2.45) is 0 Å². The molecular weight excluding hydrogens is 347 g/mol. The Morgan fingerprint density at radius 3 is 3.00 bits per heavy atom. The van der Waals surface area contributed by atoms with E-state index in [0.717, 1.165) is 31.5 Å². The molecule has 2 aromatic rings. The minimum absolute atomic E-state index is 0.131. The minimum atomic E-state index is -0.131. The lowest BCUT2D eigenvalue weighted by atomic mass is 10.1. The van der Waals surface area contributed by atoms with Gasteiger partial charge in [0.25, 0.3) is 5.91 Å². The Balaban J connectivity index is 1.69. The van der Waals surface area contributed by atoms with Crippen LogP contribution in [0.25, 0.3) is 0 Å². The average Bonchev–Trinajstić information content (AvgIpc) is 3.09. The molecule has 0 bridgehead atoms. The van der Waals surface area contributed by atoms with Crippen LogP contribution in [0.5, 0.6) is 0 Å². The first-order valence-corrected chi connectivity index (χ1v) is 8.76. The molecule has 7 heteroatoms. The van der Waals surface area contributed by atoms with Crippen molar-refractivity contribution in [1.82, 2.24) is 20.0 Å². The molecule has 1 atom stereocenters. The highest BCUT2D eigenvalue weighted by Gasteiger charge is 2.20. The van der Waals surface area contributed by atoms with Gasteiger partial charge in [0, 0.05) is 26.3 Å². The second kappa shape index (κ2) is 7.55. The molecule has 1 aliphatic heterocycles. The fourth-order valence-electron chi connectivity index (χ4n) is 2.91. The van der Waals surface area contributed by atoms with Crippen molar-refractivity contribution in [2.75, 3.05) is 20.1 Å². The average molecular weight is 367 g/mol. The van der Waals surface area contributed by atoms with Gasteiger partial charge >= 0.3 is 0 Å². The van der Waals surface area contributed by atoms with Gasteiger partial charge in [0.1, 0.15) is 5.69 Å². The Hall–Kier alpha value is -1.56. The summed E-state index contributed by atoms with van der Waals surface area (Å²) in [4.78, 5) is 14.2. The van der Waals surface area contributed by atoms with E-state index in [1.54, 1.807) is 24.1 Å². The lowest BCUT2D eigenvalue weighted by Crippen LogP contribution is -2.32. The molecule has 1 aromatic heterocycles. The van der Waals surface area contributed by atoms with Crippen LogP contribution in [0.4, 0.5) is 0 Å². The van der Waals surface area contributed by atoms with Crippen LogP contribution in [0, 0.1) is 0 Å². The van der Waals surface area contributed by atoms with Gasteiger partial charge in [0.15, 0.2) is 0 Å². The van der Waals surface area contributed by atoms with Crippen molar-refractivity contribution in [3.05, 3.63) is 51.8 Å². The predicted molar refractivity (Wildman–Crippen MR) is 95.6 cm³/mol. The van der Waals surface area contributed by atoms with Gasteiger partial charge in [-0.05, 0) is 37.1 Å². The van der Waals surface area contributed by atoms with E-state index < -0.39 is 0 Å². The van der Waals surface area contributed by atoms with Crippen molar-refractivity contribution < 1.29 is 4.79 Å². The number of nitrogens with zero attached hydrogens (tertiary/aromatic N) is 3. The van der Waals surface area contributed by atoms with Gasteiger partial charge in [-0.25, -0.2) is 0 Å². The van der Waals surface area contributed by atoms with Crippen molar-refractivity contribution >= 4 is 29.1 Å². The zero-order valence-corrected chi connectivity index (χ0v) is 15.0. The molecule has 1 unspecified atom stereocenters. The van der Waals surface area contributed by atoms with Gasteiger partial charge < -0.3 is 10.2 Å². The number of hydrogen-bond donors (Lipinski definition) is 1. The minimum Gasteiger partial charge on any atom is -0.336 e. The molecule has 1 saturated heterocycles. The maximum Gasteiger partial charge on any atom is 0.274 e. The summed E-state index contributed by atoms with van der Waals surface area (Å²) in [6.07, 6.45) is 4.09. The summed E-state index contributed by atoms with van der Waals surface area (Å²) < 4.78 is 1.89. The van der Waals surface area contributed by atoms with E-state index in [0.29, 0.717) is 28.3 Å². The molecule has 0 spiro atoms. The van der Waals surface area contributed by atoms with E-state index >= 15 is 0 Å². The Morgan fingerprint density at radius 2 is 2.25 bits per heavy atom. The third kappa shape index (κ3) is 3.74. The quantitative estimate of drug-likeness (QED) is 0.901. The summed E-state index contributed by atoms with van der Waals surface area (Å²) in [5.74, 6) is -0.131. The third-order valence-corrected chi connectivity index (χ3v) is 5.12. The van der Waals surface area contributed by atoms with Gasteiger partial charge in [-0.3, -0.25) is 9.48 Å². The Kier molecular flexibility index (Phi) is 5.43. The fourth-order valence-corrected chi connectivity index (χ4v) is 3.29. The molecule has 1 fully saturated rings. The molecule has 24 heavy (non-hydrogen) atoms. The number of carbonyl (C=O) groups excluding carboxylic acids is 1. The molecule has 1 amide bonds. The predicted octanol–water partition coefficient (Wildman–Crippen LogP) is 3.39. The van der Waals surface area contributed by atoms with Gasteiger partial charge in [-0.1, -0.05) is 35.3 Å². The number of aromatic nitrogens is 2. The van der Waals surface area contributed by atoms with Crippen LogP contribution in [-0.2, 0) is 6.54 Å². The van der Waals surface area contributed by atoms with Gasteiger partial charge in [-0.15, -0.1) is 0 Å². The van der Waals surface area contributed by atoms with Crippen molar-refractivity contribution in [3.63, 3.8) is 0 Å².